The molecule has 0 saturated heterocycles. The lowest BCUT2D eigenvalue weighted by Gasteiger charge is -2.06. The quantitative estimate of drug-likeness (QED) is 0.779. The highest BCUT2D eigenvalue weighted by atomic mass is 79.9. The zero-order valence-electron chi connectivity index (χ0n) is 9.67. The summed E-state index contributed by atoms with van der Waals surface area (Å²) in [5.41, 5.74) is 4.98. The average Bonchev–Trinajstić information content (AvgIpc) is 2.63. The third-order valence-corrected chi connectivity index (χ3v) is 4.29. The molecule has 1 aromatic carbocycles. The number of benzene rings is 1. The first-order chi connectivity index (χ1) is 7.61. The predicted molar refractivity (Wildman–Crippen MR) is 74.1 cm³/mol. The number of halogens is 1. The van der Waals surface area contributed by atoms with Crippen LogP contribution in [0.3, 0.4) is 0 Å². The molecule has 0 aliphatic carbocycles. The molecule has 1 nitrogen and oxygen atoms in total. The molecule has 2 aromatic rings. The molecule has 0 aliphatic heterocycles. The van der Waals surface area contributed by atoms with Gasteiger partial charge in [-0.2, -0.15) is 0 Å². The average molecular weight is 296 g/mol. The van der Waals surface area contributed by atoms with Gasteiger partial charge < -0.3 is 0 Å². The van der Waals surface area contributed by atoms with E-state index in [-0.39, 0.29) is 0 Å². The van der Waals surface area contributed by atoms with Crippen LogP contribution < -0.4 is 0 Å². The van der Waals surface area contributed by atoms with Crippen LogP contribution in [0, 0.1) is 13.8 Å². The van der Waals surface area contributed by atoms with Crippen molar-refractivity contribution >= 4 is 27.3 Å². The van der Waals surface area contributed by atoms with Crippen molar-refractivity contribution in [2.75, 3.05) is 0 Å². The minimum Gasteiger partial charge on any atom is -0.229 e. The van der Waals surface area contributed by atoms with Crippen molar-refractivity contribution in [1.82, 2.24) is 4.98 Å². The molecule has 3 heteroatoms. The summed E-state index contributed by atoms with van der Waals surface area (Å²) in [7, 11) is 0. The molecule has 0 radical (unpaired) electrons. The molecule has 0 spiro atoms. The lowest BCUT2D eigenvalue weighted by Crippen LogP contribution is -1.88. The van der Waals surface area contributed by atoms with E-state index in [0.717, 1.165) is 16.0 Å². The molecule has 0 saturated carbocycles. The number of hydrogen-bond acceptors (Lipinski definition) is 2. The minimum atomic E-state index is 0.972. The van der Waals surface area contributed by atoms with E-state index in [1.54, 1.807) is 11.3 Å². The summed E-state index contributed by atoms with van der Waals surface area (Å²) in [6, 6.07) is 6.53. The Balaban J connectivity index is 2.61. The van der Waals surface area contributed by atoms with Gasteiger partial charge in [-0.3, -0.25) is 0 Å². The maximum atomic E-state index is 4.59. The molecule has 0 amide bonds. The van der Waals surface area contributed by atoms with Gasteiger partial charge in [-0.1, -0.05) is 24.6 Å². The van der Waals surface area contributed by atoms with Crippen molar-refractivity contribution in [3.05, 3.63) is 38.1 Å². The molecule has 0 aliphatic rings. The highest BCUT2D eigenvalue weighted by molar-refractivity contribution is 9.11. The first-order valence-corrected chi connectivity index (χ1v) is 6.95. The number of aryl methyl sites for hydroxylation is 3. The molecule has 84 valence electrons. The van der Waals surface area contributed by atoms with Crippen LogP contribution in [0.15, 0.2) is 22.1 Å². The van der Waals surface area contributed by atoms with Gasteiger partial charge in [0.2, 0.25) is 0 Å². The van der Waals surface area contributed by atoms with Gasteiger partial charge in [0.15, 0.2) is 3.92 Å². The second-order valence-corrected chi connectivity index (χ2v) is 6.27. The zero-order valence-corrected chi connectivity index (χ0v) is 12.1. The second-order valence-electron chi connectivity index (χ2n) is 3.91. The predicted octanol–water partition coefficient (Wildman–Crippen LogP) is 4.75. The van der Waals surface area contributed by atoms with Crippen LogP contribution in [-0.2, 0) is 6.42 Å². The van der Waals surface area contributed by atoms with E-state index >= 15 is 0 Å². The van der Waals surface area contributed by atoms with Crippen molar-refractivity contribution < 1.29 is 0 Å². The standard InChI is InChI=1S/C13H14BrNS/c1-4-11-12(15-13(14)16-11)10-7-8(2)5-6-9(10)3/h5-7H,4H2,1-3H3. The van der Waals surface area contributed by atoms with Crippen molar-refractivity contribution in [3.8, 4) is 11.3 Å². The summed E-state index contributed by atoms with van der Waals surface area (Å²) in [4.78, 5) is 5.94. The van der Waals surface area contributed by atoms with E-state index in [1.165, 1.54) is 21.6 Å². The van der Waals surface area contributed by atoms with Crippen molar-refractivity contribution in [1.29, 1.82) is 0 Å². The summed E-state index contributed by atoms with van der Waals surface area (Å²) in [5.74, 6) is 0. The van der Waals surface area contributed by atoms with Crippen LogP contribution in [0.4, 0.5) is 0 Å². The van der Waals surface area contributed by atoms with Gasteiger partial charge in [0.25, 0.3) is 0 Å². The highest BCUT2D eigenvalue weighted by Gasteiger charge is 2.12. The fourth-order valence-electron chi connectivity index (χ4n) is 1.76. The van der Waals surface area contributed by atoms with Gasteiger partial charge >= 0.3 is 0 Å². The van der Waals surface area contributed by atoms with Crippen LogP contribution in [-0.4, -0.2) is 4.98 Å². The normalized spacial score (nSPS) is 10.8. The molecular weight excluding hydrogens is 282 g/mol. The number of thiazole rings is 1. The molecule has 1 heterocycles. The van der Waals surface area contributed by atoms with Gasteiger partial charge in [-0.05, 0) is 47.8 Å². The summed E-state index contributed by atoms with van der Waals surface area (Å²) >= 11 is 5.20. The van der Waals surface area contributed by atoms with Crippen LogP contribution in [0.25, 0.3) is 11.3 Å². The summed E-state index contributed by atoms with van der Waals surface area (Å²) in [6.45, 7) is 6.44. The molecule has 0 unspecified atom stereocenters. The number of nitrogens with zero attached hydrogens (tertiary/aromatic N) is 1. The van der Waals surface area contributed by atoms with Crippen LogP contribution in [0.5, 0.6) is 0 Å². The third-order valence-electron chi connectivity index (χ3n) is 2.64. The van der Waals surface area contributed by atoms with E-state index in [2.05, 4.69) is 59.9 Å². The van der Waals surface area contributed by atoms with E-state index in [4.69, 9.17) is 0 Å². The molecule has 1 aromatic heterocycles. The van der Waals surface area contributed by atoms with Crippen LogP contribution in [0.1, 0.15) is 22.9 Å². The Morgan fingerprint density at radius 3 is 2.75 bits per heavy atom. The fourth-order valence-corrected chi connectivity index (χ4v) is 3.26. The Morgan fingerprint density at radius 2 is 2.06 bits per heavy atom. The minimum absolute atomic E-state index is 0.972. The lowest BCUT2D eigenvalue weighted by atomic mass is 10.0. The zero-order chi connectivity index (χ0) is 11.7. The molecule has 16 heavy (non-hydrogen) atoms. The molecule has 0 N–H and O–H groups in total. The van der Waals surface area contributed by atoms with Crippen molar-refractivity contribution in [2.24, 2.45) is 0 Å². The second kappa shape index (κ2) is 4.68. The first kappa shape index (κ1) is 11.8. The Kier molecular flexibility index (Phi) is 3.45. The van der Waals surface area contributed by atoms with Gasteiger partial charge in [0, 0.05) is 10.4 Å². The fraction of sp³-hybridized carbons (Fsp3) is 0.308. The Morgan fingerprint density at radius 1 is 1.31 bits per heavy atom. The number of rotatable bonds is 2. The van der Waals surface area contributed by atoms with Crippen molar-refractivity contribution in [3.63, 3.8) is 0 Å². The van der Waals surface area contributed by atoms with Crippen molar-refractivity contribution in [2.45, 2.75) is 27.2 Å². The van der Waals surface area contributed by atoms with Gasteiger partial charge in [0.05, 0.1) is 5.69 Å². The smallest absolute Gasteiger partial charge is 0.160 e. The molecular formula is C13H14BrNS. The largest absolute Gasteiger partial charge is 0.229 e. The topological polar surface area (TPSA) is 12.9 Å². The maximum absolute atomic E-state index is 4.59. The number of hydrogen-bond donors (Lipinski definition) is 0. The monoisotopic (exact) mass is 295 g/mol. The van der Waals surface area contributed by atoms with Gasteiger partial charge in [-0.15, -0.1) is 11.3 Å². The highest BCUT2D eigenvalue weighted by Crippen LogP contribution is 2.33. The van der Waals surface area contributed by atoms with Gasteiger partial charge in [-0.25, -0.2) is 4.98 Å². The van der Waals surface area contributed by atoms with E-state index in [9.17, 15) is 0 Å². The molecule has 2 rings (SSSR count). The van der Waals surface area contributed by atoms with Gasteiger partial charge in [0.1, 0.15) is 0 Å². The molecule has 0 atom stereocenters. The van der Waals surface area contributed by atoms with E-state index in [1.807, 2.05) is 0 Å². The van der Waals surface area contributed by atoms with E-state index < -0.39 is 0 Å². The van der Waals surface area contributed by atoms with Crippen LogP contribution in [0.2, 0.25) is 0 Å². The molecule has 0 fully saturated rings. The maximum Gasteiger partial charge on any atom is 0.160 e. The molecule has 0 bridgehead atoms. The summed E-state index contributed by atoms with van der Waals surface area (Å²) in [5, 5.41) is 0. The first-order valence-electron chi connectivity index (χ1n) is 5.34. The van der Waals surface area contributed by atoms with E-state index in [0.29, 0.717) is 0 Å². The lowest BCUT2D eigenvalue weighted by molar-refractivity contribution is 1.16. The SMILES string of the molecule is CCc1sc(Br)nc1-c1cc(C)ccc1C. The summed E-state index contributed by atoms with van der Waals surface area (Å²) in [6.07, 6.45) is 1.03. The Bertz CT molecular complexity index is 517. The van der Waals surface area contributed by atoms with Crippen LogP contribution >= 0.6 is 27.3 Å². The Labute approximate surface area is 109 Å². The summed E-state index contributed by atoms with van der Waals surface area (Å²) < 4.78 is 0.972. The number of aromatic nitrogens is 1. The Hall–Kier alpha value is -0.670. The third kappa shape index (κ3) is 2.20.